The van der Waals surface area contributed by atoms with Crippen LogP contribution in [-0.2, 0) is 24.7 Å². The smallest absolute Gasteiger partial charge is 0.339 e. The molecule has 0 bridgehead atoms. The molecular weight excluding hydrogens is 418 g/mol. The van der Waals surface area contributed by atoms with Crippen LogP contribution in [0.4, 0.5) is 0 Å². The number of carbonyl (C=O) groups excluding carboxylic acids is 1. The number of hydrogen-bond donors (Lipinski definition) is 1. The molecular formula is C26H29N3O4. The minimum atomic E-state index is -0.397. The first kappa shape index (κ1) is 22.6. The van der Waals surface area contributed by atoms with Crippen LogP contribution in [0, 0.1) is 13.8 Å². The van der Waals surface area contributed by atoms with Crippen LogP contribution in [0.5, 0.6) is 5.75 Å². The lowest BCUT2D eigenvalue weighted by molar-refractivity contribution is -0.121. The number of imidazole rings is 1. The van der Waals surface area contributed by atoms with Gasteiger partial charge in [-0.05, 0) is 56.5 Å². The maximum atomic E-state index is 12.6. The number of ether oxygens (including phenoxy) is 1. The quantitative estimate of drug-likeness (QED) is 0.326. The molecule has 7 nitrogen and oxygen atoms in total. The Hall–Kier alpha value is -3.61. The van der Waals surface area contributed by atoms with Gasteiger partial charge in [0.25, 0.3) is 0 Å². The second kappa shape index (κ2) is 9.48. The molecule has 0 radical (unpaired) electrons. The third kappa shape index (κ3) is 4.49. The number of nitrogens with zero attached hydrogens (tertiary/aromatic N) is 2. The van der Waals surface area contributed by atoms with Crippen LogP contribution in [0.15, 0.2) is 45.6 Å². The molecule has 4 rings (SSSR count). The lowest BCUT2D eigenvalue weighted by Crippen LogP contribution is -2.26. The number of hydrogen-bond acceptors (Lipinski definition) is 5. The number of aryl methyl sites for hydroxylation is 4. The second-order valence-corrected chi connectivity index (χ2v) is 8.29. The van der Waals surface area contributed by atoms with E-state index in [9.17, 15) is 9.59 Å². The van der Waals surface area contributed by atoms with E-state index in [0.29, 0.717) is 29.9 Å². The zero-order valence-corrected chi connectivity index (χ0v) is 19.5. The molecule has 172 valence electrons. The zero-order chi connectivity index (χ0) is 23.5. The number of aromatic nitrogens is 2. The SMILES string of the molecule is COc1ccc2c(C)c(CCC(=O)NCCCc3nc4ccccc4n3C)c(=O)oc2c1C. The summed E-state index contributed by atoms with van der Waals surface area (Å²) in [5, 5.41) is 3.82. The van der Waals surface area contributed by atoms with Crippen molar-refractivity contribution < 1.29 is 13.9 Å². The van der Waals surface area contributed by atoms with Gasteiger partial charge in [0.15, 0.2) is 0 Å². The van der Waals surface area contributed by atoms with Crippen LogP contribution >= 0.6 is 0 Å². The summed E-state index contributed by atoms with van der Waals surface area (Å²) < 4.78 is 13.0. The zero-order valence-electron chi connectivity index (χ0n) is 19.5. The predicted molar refractivity (Wildman–Crippen MR) is 129 cm³/mol. The van der Waals surface area contributed by atoms with Crippen LogP contribution in [-0.4, -0.2) is 29.1 Å². The molecule has 1 N–H and O–H groups in total. The fraction of sp³-hybridized carbons (Fsp3) is 0.346. The summed E-state index contributed by atoms with van der Waals surface area (Å²) in [5.74, 6) is 1.60. The van der Waals surface area contributed by atoms with Gasteiger partial charge in [0, 0.05) is 42.9 Å². The highest BCUT2D eigenvalue weighted by Crippen LogP contribution is 2.29. The van der Waals surface area contributed by atoms with Gasteiger partial charge in [0.1, 0.15) is 17.2 Å². The Balaban J connectivity index is 1.34. The minimum absolute atomic E-state index is 0.0789. The van der Waals surface area contributed by atoms with Gasteiger partial charge in [-0.3, -0.25) is 4.79 Å². The monoisotopic (exact) mass is 447 g/mol. The maximum Gasteiger partial charge on any atom is 0.339 e. The second-order valence-electron chi connectivity index (χ2n) is 8.29. The Morgan fingerprint density at radius 2 is 1.91 bits per heavy atom. The molecule has 0 spiro atoms. The van der Waals surface area contributed by atoms with Crippen molar-refractivity contribution in [2.24, 2.45) is 7.05 Å². The van der Waals surface area contributed by atoms with Crippen molar-refractivity contribution >= 4 is 27.9 Å². The van der Waals surface area contributed by atoms with Crippen LogP contribution < -0.4 is 15.7 Å². The lowest BCUT2D eigenvalue weighted by Gasteiger charge is -2.11. The number of para-hydroxylation sites is 2. The van der Waals surface area contributed by atoms with E-state index in [1.807, 2.05) is 51.2 Å². The molecule has 0 aliphatic rings. The summed E-state index contributed by atoms with van der Waals surface area (Å²) in [5.41, 5.74) is 4.41. The molecule has 0 saturated heterocycles. The van der Waals surface area contributed by atoms with Gasteiger partial charge < -0.3 is 19.0 Å². The number of benzene rings is 2. The van der Waals surface area contributed by atoms with Crippen LogP contribution in [0.2, 0.25) is 0 Å². The van der Waals surface area contributed by atoms with Gasteiger partial charge in [-0.25, -0.2) is 9.78 Å². The summed E-state index contributed by atoms with van der Waals surface area (Å²) in [6.07, 6.45) is 2.15. The van der Waals surface area contributed by atoms with E-state index in [2.05, 4.69) is 20.9 Å². The van der Waals surface area contributed by atoms with Crippen molar-refractivity contribution in [2.45, 2.75) is 39.5 Å². The predicted octanol–water partition coefficient (Wildman–Crippen LogP) is 3.99. The van der Waals surface area contributed by atoms with Crippen molar-refractivity contribution in [3.8, 4) is 5.75 Å². The fourth-order valence-corrected chi connectivity index (χ4v) is 4.30. The molecule has 0 saturated carbocycles. The van der Waals surface area contributed by atoms with Crippen LogP contribution in [0.25, 0.3) is 22.0 Å². The maximum absolute atomic E-state index is 12.6. The van der Waals surface area contributed by atoms with Crippen LogP contribution in [0.3, 0.4) is 0 Å². The highest BCUT2D eigenvalue weighted by atomic mass is 16.5. The Morgan fingerprint density at radius 3 is 2.67 bits per heavy atom. The highest BCUT2D eigenvalue weighted by molar-refractivity contribution is 5.86. The van der Waals surface area contributed by atoms with Gasteiger partial charge in [-0.2, -0.15) is 0 Å². The molecule has 1 amide bonds. The topological polar surface area (TPSA) is 86.4 Å². The van der Waals surface area contributed by atoms with Gasteiger partial charge in [0.05, 0.1) is 18.1 Å². The molecule has 0 atom stereocenters. The Bertz CT molecular complexity index is 1380. The number of rotatable bonds is 8. The van der Waals surface area contributed by atoms with E-state index < -0.39 is 5.63 Å². The summed E-state index contributed by atoms with van der Waals surface area (Å²) in [4.78, 5) is 29.6. The summed E-state index contributed by atoms with van der Waals surface area (Å²) >= 11 is 0. The third-order valence-electron chi connectivity index (χ3n) is 6.26. The number of carbonyl (C=O) groups is 1. The van der Waals surface area contributed by atoms with Crippen molar-refractivity contribution in [3.63, 3.8) is 0 Å². The molecule has 2 aromatic heterocycles. The van der Waals surface area contributed by atoms with E-state index in [1.165, 1.54) is 0 Å². The van der Waals surface area contributed by atoms with Gasteiger partial charge in [-0.1, -0.05) is 12.1 Å². The van der Waals surface area contributed by atoms with E-state index >= 15 is 0 Å². The Kier molecular flexibility index (Phi) is 6.49. The van der Waals surface area contributed by atoms with E-state index in [1.54, 1.807) is 7.11 Å². The Labute approximate surface area is 192 Å². The molecule has 33 heavy (non-hydrogen) atoms. The molecule has 0 aliphatic heterocycles. The molecule has 0 aliphatic carbocycles. The summed E-state index contributed by atoms with van der Waals surface area (Å²) in [6, 6.07) is 11.8. The van der Waals surface area contributed by atoms with Gasteiger partial charge in [-0.15, -0.1) is 0 Å². The fourth-order valence-electron chi connectivity index (χ4n) is 4.30. The van der Waals surface area contributed by atoms with Crippen molar-refractivity contribution in [3.05, 3.63) is 69.3 Å². The first-order valence-electron chi connectivity index (χ1n) is 11.2. The van der Waals surface area contributed by atoms with Crippen molar-refractivity contribution in [2.75, 3.05) is 13.7 Å². The first-order chi connectivity index (χ1) is 15.9. The van der Waals surface area contributed by atoms with Crippen molar-refractivity contribution in [1.29, 1.82) is 0 Å². The Morgan fingerprint density at radius 1 is 1.12 bits per heavy atom. The molecule has 4 aromatic rings. The van der Waals surface area contributed by atoms with E-state index in [-0.39, 0.29) is 12.3 Å². The minimum Gasteiger partial charge on any atom is -0.496 e. The van der Waals surface area contributed by atoms with E-state index in [0.717, 1.165) is 46.2 Å². The van der Waals surface area contributed by atoms with E-state index in [4.69, 9.17) is 9.15 Å². The average Bonchev–Trinajstić information content (AvgIpc) is 3.13. The summed E-state index contributed by atoms with van der Waals surface area (Å²) in [7, 11) is 3.60. The molecule has 2 heterocycles. The number of amides is 1. The van der Waals surface area contributed by atoms with Gasteiger partial charge >= 0.3 is 5.63 Å². The molecule has 0 fully saturated rings. The molecule has 0 unspecified atom stereocenters. The normalized spacial score (nSPS) is 11.3. The molecule has 7 heteroatoms. The lowest BCUT2D eigenvalue weighted by atomic mass is 10.0. The molecule has 2 aromatic carbocycles. The summed E-state index contributed by atoms with van der Waals surface area (Å²) in [6.45, 7) is 4.33. The van der Waals surface area contributed by atoms with Gasteiger partial charge in [0.2, 0.25) is 5.91 Å². The number of fused-ring (bicyclic) bond motifs is 2. The average molecular weight is 448 g/mol. The standard InChI is InChI=1S/C26H29N3O4/c1-16-18-11-13-22(32-4)17(2)25(18)33-26(31)19(16)12-14-24(30)27-15-7-10-23-28-20-8-5-6-9-21(20)29(23)3/h5-6,8-9,11,13H,7,10,12,14-15H2,1-4H3,(H,27,30). The first-order valence-corrected chi connectivity index (χ1v) is 11.2. The highest BCUT2D eigenvalue weighted by Gasteiger charge is 2.16. The number of nitrogens with one attached hydrogen (secondary N) is 1. The van der Waals surface area contributed by atoms with Crippen LogP contribution in [0.1, 0.15) is 35.4 Å². The largest absolute Gasteiger partial charge is 0.496 e. The third-order valence-corrected chi connectivity index (χ3v) is 6.26. The van der Waals surface area contributed by atoms with Crippen molar-refractivity contribution in [1.82, 2.24) is 14.9 Å². The number of methoxy groups -OCH3 is 1.